The monoisotopic (exact) mass is 608 g/mol. The zero-order valence-corrected chi connectivity index (χ0v) is 26.0. The lowest BCUT2D eigenvalue weighted by Crippen LogP contribution is -2.28. The molecule has 1 aromatic rings. The fourth-order valence-electron chi connectivity index (χ4n) is 4.65. The molecule has 2 saturated heterocycles. The summed E-state index contributed by atoms with van der Waals surface area (Å²) in [6, 6.07) is 6.50. The van der Waals surface area contributed by atoms with E-state index in [0.717, 1.165) is 24.8 Å². The predicted octanol–water partition coefficient (Wildman–Crippen LogP) is 4.59. The maximum atomic E-state index is 12.5. The molecule has 1 aromatic carbocycles. The van der Waals surface area contributed by atoms with Crippen LogP contribution in [0.2, 0.25) is 0 Å². The summed E-state index contributed by atoms with van der Waals surface area (Å²) in [5.41, 5.74) is 0.950. The van der Waals surface area contributed by atoms with Crippen molar-refractivity contribution >= 4 is 21.8 Å². The fraction of sp³-hybridized carbons (Fsp3) is 0.613. The van der Waals surface area contributed by atoms with Gasteiger partial charge in [0, 0.05) is 25.2 Å². The number of aryl methyl sites for hydroxylation is 1. The van der Waals surface area contributed by atoms with Crippen LogP contribution in [-0.2, 0) is 47.8 Å². The third-order valence-corrected chi connectivity index (χ3v) is 8.44. The first-order valence-electron chi connectivity index (χ1n) is 14.5. The smallest absolute Gasteiger partial charge is 0.330 e. The standard InChI is InChI=1S/C31H44O10S/c1-22-12-14-25(15-13-22)42(34,35)20-19-36-28(32)17-16-26-27(41-31(4,5)40-26)21-24(3)38-29(33)10-8-9-23(2)39-30-11-6-7-18-37-30/h8,10,12-17,23-24,26-27,30H,6-7,9,11,18-21H2,1-5H3/b10-8+,17-16+/t23-,24+,26+,27+,30?/m0/s1. The molecule has 2 fully saturated rings. The van der Waals surface area contributed by atoms with Gasteiger partial charge in [-0.2, -0.15) is 0 Å². The van der Waals surface area contributed by atoms with E-state index in [1.165, 1.54) is 30.4 Å². The number of hydrogen-bond donors (Lipinski definition) is 0. The van der Waals surface area contributed by atoms with Crippen LogP contribution in [0.5, 0.6) is 0 Å². The van der Waals surface area contributed by atoms with Crippen LogP contribution in [0.3, 0.4) is 0 Å². The lowest BCUT2D eigenvalue weighted by atomic mass is 10.1. The molecular formula is C31H44O10S. The lowest BCUT2D eigenvalue weighted by Gasteiger charge is -2.25. The topological polar surface area (TPSA) is 124 Å². The van der Waals surface area contributed by atoms with Crippen LogP contribution in [0.1, 0.15) is 65.4 Å². The van der Waals surface area contributed by atoms with Crippen molar-refractivity contribution in [3.8, 4) is 0 Å². The Bertz CT molecular complexity index is 1180. The lowest BCUT2D eigenvalue weighted by molar-refractivity contribution is -0.183. The summed E-state index contributed by atoms with van der Waals surface area (Å²) >= 11 is 0. The molecule has 10 nitrogen and oxygen atoms in total. The Morgan fingerprint density at radius 1 is 1.05 bits per heavy atom. The molecule has 0 saturated carbocycles. The maximum Gasteiger partial charge on any atom is 0.330 e. The zero-order valence-electron chi connectivity index (χ0n) is 25.2. The summed E-state index contributed by atoms with van der Waals surface area (Å²) in [6.07, 6.45) is 7.91. The van der Waals surface area contributed by atoms with Crippen LogP contribution < -0.4 is 0 Å². The van der Waals surface area contributed by atoms with Crippen LogP contribution >= 0.6 is 0 Å². The number of hydrogen-bond acceptors (Lipinski definition) is 10. The van der Waals surface area contributed by atoms with Crippen molar-refractivity contribution in [3.05, 3.63) is 54.1 Å². The minimum Gasteiger partial charge on any atom is -0.461 e. The number of sulfone groups is 1. The molecule has 0 aliphatic carbocycles. The summed E-state index contributed by atoms with van der Waals surface area (Å²) < 4.78 is 58.8. The number of rotatable bonds is 14. The first-order valence-corrected chi connectivity index (χ1v) is 16.1. The van der Waals surface area contributed by atoms with Crippen molar-refractivity contribution < 1.29 is 46.4 Å². The number of esters is 2. The van der Waals surface area contributed by atoms with E-state index in [1.807, 2.05) is 13.8 Å². The van der Waals surface area contributed by atoms with E-state index in [-0.39, 0.29) is 29.6 Å². The number of ether oxygens (including phenoxy) is 6. The first kappa shape index (κ1) is 33.9. The van der Waals surface area contributed by atoms with E-state index >= 15 is 0 Å². The van der Waals surface area contributed by atoms with E-state index < -0.39 is 45.9 Å². The summed E-state index contributed by atoms with van der Waals surface area (Å²) in [4.78, 5) is 24.8. The van der Waals surface area contributed by atoms with E-state index in [9.17, 15) is 18.0 Å². The second kappa shape index (κ2) is 15.8. The molecule has 5 atom stereocenters. The molecule has 0 N–H and O–H groups in total. The van der Waals surface area contributed by atoms with Crippen LogP contribution in [0.4, 0.5) is 0 Å². The van der Waals surface area contributed by atoms with E-state index in [2.05, 4.69) is 0 Å². The van der Waals surface area contributed by atoms with Gasteiger partial charge in [0.05, 0.1) is 22.9 Å². The number of benzene rings is 1. The minimum absolute atomic E-state index is 0.0855. The summed E-state index contributed by atoms with van der Waals surface area (Å²) in [5, 5.41) is 0. The van der Waals surface area contributed by atoms with Gasteiger partial charge in [-0.3, -0.25) is 0 Å². The molecule has 11 heteroatoms. The third kappa shape index (κ3) is 11.6. The maximum absolute atomic E-state index is 12.5. The quantitative estimate of drug-likeness (QED) is 0.219. The van der Waals surface area contributed by atoms with E-state index in [0.29, 0.717) is 19.4 Å². The molecule has 0 spiro atoms. The van der Waals surface area contributed by atoms with Gasteiger partial charge in [-0.25, -0.2) is 18.0 Å². The molecular weight excluding hydrogens is 564 g/mol. The highest BCUT2D eigenvalue weighted by atomic mass is 32.2. The Morgan fingerprint density at radius 3 is 2.48 bits per heavy atom. The molecule has 0 aromatic heterocycles. The SMILES string of the molecule is Cc1ccc(S(=O)(=O)CCOC(=O)/C=C/[C@H]2OC(C)(C)O[C@@H]2C[C@@H](C)OC(=O)/C=C/C[C@H](C)OC2CCCCO2)cc1. The van der Waals surface area contributed by atoms with E-state index in [1.54, 1.807) is 39.0 Å². The zero-order chi connectivity index (χ0) is 30.8. The summed E-state index contributed by atoms with van der Waals surface area (Å²) in [5.74, 6) is -2.41. The van der Waals surface area contributed by atoms with Gasteiger partial charge in [-0.1, -0.05) is 23.8 Å². The Hall–Kier alpha value is -2.57. The van der Waals surface area contributed by atoms with Gasteiger partial charge in [-0.05, 0) is 78.5 Å². The average Bonchev–Trinajstić information content (AvgIpc) is 3.20. The molecule has 3 rings (SSSR count). The molecule has 234 valence electrons. The highest BCUT2D eigenvalue weighted by molar-refractivity contribution is 7.91. The Labute approximate surface area is 249 Å². The van der Waals surface area contributed by atoms with Gasteiger partial charge in [0.1, 0.15) is 18.8 Å². The third-order valence-electron chi connectivity index (χ3n) is 6.75. The van der Waals surface area contributed by atoms with Gasteiger partial charge in [-0.15, -0.1) is 0 Å². The van der Waals surface area contributed by atoms with Crippen molar-refractivity contribution in [2.75, 3.05) is 19.0 Å². The Kier molecular flexibility index (Phi) is 12.7. The minimum atomic E-state index is -3.57. The first-order chi connectivity index (χ1) is 19.8. The molecule has 42 heavy (non-hydrogen) atoms. The van der Waals surface area contributed by atoms with Gasteiger partial charge < -0.3 is 28.4 Å². The molecule has 0 amide bonds. The van der Waals surface area contributed by atoms with Crippen molar-refractivity contribution in [2.24, 2.45) is 0 Å². The summed E-state index contributed by atoms with van der Waals surface area (Å²) in [6.45, 7) is 9.50. The van der Waals surface area contributed by atoms with Crippen LogP contribution in [0, 0.1) is 6.92 Å². The fourth-order valence-corrected chi connectivity index (χ4v) is 5.74. The molecule has 0 radical (unpaired) electrons. The van der Waals surface area contributed by atoms with Gasteiger partial charge in [0.25, 0.3) is 0 Å². The number of carbonyl (C=O) groups is 2. The van der Waals surface area contributed by atoms with Crippen LogP contribution in [0.15, 0.2) is 53.5 Å². The summed E-state index contributed by atoms with van der Waals surface area (Å²) in [7, 11) is -3.57. The predicted molar refractivity (Wildman–Crippen MR) is 155 cm³/mol. The van der Waals surface area contributed by atoms with Crippen molar-refractivity contribution in [2.45, 2.75) is 108 Å². The molecule has 1 unspecified atom stereocenters. The largest absolute Gasteiger partial charge is 0.461 e. The Morgan fingerprint density at radius 2 is 1.79 bits per heavy atom. The van der Waals surface area contributed by atoms with Crippen LogP contribution in [0.25, 0.3) is 0 Å². The molecule has 0 bridgehead atoms. The average molecular weight is 609 g/mol. The molecule has 2 aliphatic heterocycles. The van der Waals surface area contributed by atoms with E-state index in [4.69, 9.17) is 28.4 Å². The normalized spacial score (nSPS) is 24.1. The highest BCUT2D eigenvalue weighted by Gasteiger charge is 2.41. The molecule has 2 heterocycles. The van der Waals surface area contributed by atoms with Gasteiger partial charge in [0.15, 0.2) is 21.9 Å². The van der Waals surface area contributed by atoms with Crippen molar-refractivity contribution in [1.29, 1.82) is 0 Å². The number of carbonyl (C=O) groups excluding carboxylic acids is 2. The van der Waals surface area contributed by atoms with Crippen molar-refractivity contribution in [1.82, 2.24) is 0 Å². The second-order valence-corrected chi connectivity index (χ2v) is 13.3. The Balaban J connectivity index is 1.42. The molecule has 2 aliphatic rings. The second-order valence-electron chi connectivity index (χ2n) is 11.2. The van der Waals surface area contributed by atoms with Gasteiger partial charge >= 0.3 is 11.9 Å². The van der Waals surface area contributed by atoms with Crippen molar-refractivity contribution in [3.63, 3.8) is 0 Å². The van der Waals surface area contributed by atoms with Gasteiger partial charge in [0.2, 0.25) is 0 Å². The highest BCUT2D eigenvalue weighted by Crippen LogP contribution is 2.32. The van der Waals surface area contributed by atoms with Crippen LogP contribution in [-0.4, -0.2) is 75.8 Å².